The topological polar surface area (TPSA) is 114 Å². The molecule has 0 saturated carbocycles. The molecule has 0 aromatic heterocycles. The van der Waals surface area contributed by atoms with Gasteiger partial charge in [-0.05, 0) is 43.6 Å². The molecule has 158 valence electrons. The molecule has 2 rings (SSSR count). The molecule has 0 spiro atoms. The fraction of sp³-hybridized carbons (Fsp3) is 0.600. The Bertz CT molecular complexity index is 807. The Hall–Kier alpha value is -1.28. The minimum absolute atomic E-state index is 0.0184. The van der Waals surface area contributed by atoms with E-state index in [0.717, 1.165) is 0 Å². The number of sulfone groups is 2. The summed E-state index contributed by atoms with van der Waals surface area (Å²) in [5, 5.41) is 5.84. The van der Waals surface area contributed by atoms with Crippen molar-refractivity contribution in [1.82, 2.24) is 15.5 Å². The van der Waals surface area contributed by atoms with Gasteiger partial charge in [-0.25, -0.2) is 16.8 Å². The molecule has 0 atom stereocenters. The molecular weight excluding hydrogens is 446 g/mol. The summed E-state index contributed by atoms with van der Waals surface area (Å²) in [7, 11) is -4.22. The van der Waals surface area contributed by atoms with Crippen LogP contribution in [0.25, 0.3) is 0 Å². The van der Waals surface area contributed by atoms with Gasteiger partial charge in [-0.15, -0.1) is 0 Å². The maximum atomic E-state index is 11.4. The van der Waals surface area contributed by atoms with Gasteiger partial charge in [0.15, 0.2) is 19.7 Å². The Labute approximate surface area is 176 Å². The molecule has 9 nitrogen and oxygen atoms in total. The average molecular weight is 470 g/mol. The van der Waals surface area contributed by atoms with Crippen molar-refractivity contribution in [2.45, 2.75) is 0 Å². The summed E-state index contributed by atoms with van der Waals surface area (Å²) in [6, 6.07) is 0. The molecule has 0 radical (unpaired) electrons. The standard InChI is InChI=1S/C15H23N3O6S4/c1-18(4-6-23-14(25)16-12-2-8-27(19,20)10-12)5-7-24-15(26)17-13-3-9-28(21,22)11-13/h2-3H,4-11H2,1H3,(H,16,25)(H,17,26). The van der Waals surface area contributed by atoms with Crippen molar-refractivity contribution in [2.75, 3.05) is 56.4 Å². The number of nitrogens with one attached hydrogen (secondary N) is 2. The second kappa shape index (κ2) is 9.96. The first-order valence-electron chi connectivity index (χ1n) is 8.40. The summed E-state index contributed by atoms with van der Waals surface area (Å²) in [6.07, 6.45) is 3.17. The zero-order valence-electron chi connectivity index (χ0n) is 15.3. The molecule has 28 heavy (non-hydrogen) atoms. The smallest absolute Gasteiger partial charge is 0.260 e. The van der Waals surface area contributed by atoms with Crippen LogP contribution in [0.2, 0.25) is 0 Å². The molecule has 0 aromatic rings. The van der Waals surface area contributed by atoms with E-state index in [4.69, 9.17) is 33.9 Å². The molecule has 13 heteroatoms. The highest BCUT2D eigenvalue weighted by atomic mass is 32.2. The van der Waals surface area contributed by atoms with Crippen molar-refractivity contribution in [3.8, 4) is 0 Å². The van der Waals surface area contributed by atoms with Crippen LogP contribution in [0.4, 0.5) is 0 Å². The lowest BCUT2D eigenvalue weighted by Crippen LogP contribution is -2.32. The lowest BCUT2D eigenvalue weighted by molar-refractivity contribution is 0.192. The van der Waals surface area contributed by atoms with E-state index in [1.807, 2.05) is 11.9 Å². The monoisotopic (exact) mass is 469 g/mol. The molecule has 2 N–H and O–H groups in total. The van der Waals surface area contributed by atoms with Gasteiger partial charge in [0.05, 0.1) is 23.0 Å². The van der Waals surface area contributed by atoms with E-state index < -0.39 is 19.7 Å². The largest absolute Gasteiger partial charge is 0.469 e. The molecule has 0 amide bonds. The summed E-state index contributed by atoms with van der Waals surface area (Å²) >= 11 is 10.1. The third kappa shape index (κ3) is 8.39. The Morgan fingerprint density at radius 3 is 1.64 bits per heavy atom. The van der Waals surface area contributed by atoms with Crippen LogP contribution in [0.15, 0.2) is 23.5 Å². The molecule has 0 unspecified atom stereocenters. The van der Waals surface area contributed by atoms with Gasteiger partial charge in [0, 0.05) is 24.5 Å². The van der Waals surface area contributed by atoms with Gasteiger partial charge in [0.1, 0.15) is 13.2 Å². The van der Waals surface area contributed by atoms with Gasteiger partial charge in [0.25, 0.3) is 10.3 Å². The molecule has 2 aliphatic heterocycles. The average Bonchev–Trinajstić information content (AvgIpc) is 3.08. The molecule has 0 saturated heterocycles. The number of ether oxygens (including phenoxy) is 2. The predicted octanol–water partition coefficient (Wildman–Crippen LogP) is -0.675. The minimum Gasteiger partial charge on any atom is -0.469 e. The summed E-state index contributed by atoms with van der Waals surface area (Å²) in [5.41, 5.74) is 1.08. The number of likely N-dealkylation sites (N-methyl/N-ethyl adjacent to an activating group) is 1. The molecular formula is C15H23N3O6S4. The van der Waals surface area contributed by atoms with Crippen LogP contribution in [0.1, 0.15) is 0 Å². The normalized spacial score (nSPS) is 19.6. The predicted molar refractivity (Wildman–Crippen MR) is 114 cm³/mol. The fourth-order valence-corrected chi connectivity index (χ4v) is 5.28. The lowest BCUT2D eigenvalue weighted by Gasteiger charge is -2.18. The molecule has 0 fully saturated rings. The molecule has 2 aliphatic rings. The zero-order valence-corrected chi connectivity index (χ0v) is 18.6. The fourth-order valence-electron chi connectivity index (χ4n) is 2.37. The van der Waals surface area contributed by atoms with Crippen molar-refractivity contribution in [3.05, 3.63) is 23.5 Å². The van der Waals surface area contributed by atoms with E-state index >= 15 is 0 Å². The SMILES string of the molecule is CN(CCOC(=S)NC1=CCS(=O)(=O)C1)CCOC(=S)NC1=CCS(=O)(=O)C1. The highest BCUT2D eigenvalue weighted by Crippen LogP contribution is 2.09. The second-order valence-corrected chi connectivity index (χ2v) is 11.4. The van der Waals surface area contributed by atoms with Crippen LogP contribution < -0.4 is 10.6 Å². The molecule has 2 heterocycles. The lowest BCUT2D eigenvalue weighted by atomic mass is 10.5. The van der Waals surface area contributed by atoms with Crippen LogP contribution in [0, 0.1) is 0 Å². The Morgan fingerprint density at radius 2 is 1.32 bits per heavy atom. The number of hydrogen-bond donors (Lipinski definition) is 2. The molecule has 0 aromatic carbocycles. The van der Waals surface area contributed by atoms with Gasteiger partial charge in [-0.2, -0.15) is 0 Å². The van der Waals surface area contributed by atoms with Crippen molar-refractivity contribution in [2.24, 2.45) is 0 Å². The number of hydrogen-bond acceptors (Lipinski definition) is 9. The van der Waals surface area contributed by atoms with Gasteiger partial charge in [-0.1, -0.05) is 0 Å². The van der Waals surface area contributed by atoms with E-state index in [-0.39, 0.29) is 33.4 Å². The first-order valence-corrected chi connectivity index (χ1v) is 12.9. The van der Waals surface area contributed by atoms with Gasteiger partial charge in [0.2, 0.25) is 0 Å². The Kier molecular flexibility index (Phi) is 8.18. The number of nitrogens with zero attached hydrogens (tertiary/aromatic N) is 1. The van der Waals surface area contributed by atoms with Crippen LogP contribution in [-0.2, 0) is 29.1 Å². The highest BCUT2D eigenvalue weighted by Gasteiger charge is 2.21. The number of rotatable bonds is 8. The van der Waals surface area contributed by atoms with E-state index in [9.17, 15) is 16.8 Å². The summed E-state index contributed by atoms with van der Waals surface area (Å²) < 4.78 is 56.2. The maximum absolute atomic E-state index is 11.4. The maximum Gasteiger partial charge on any atom is 0.260 e. The summed E-state index contributed by atoms with van der Waals surface area (Å²) in [5.74, 6) is -0.0654. The van der Waals surface area contributed by atoms with E-state index in [2.05, 4.69) is 10.6 Å². The van der Waals surface area contributed by atoms with Crippen LogP contribution >= 0.6 is 24.4 Å². The molecule has 0 aliphatic carbocycles. The summed E-state index contributed by atoms with van der Waals surface area (Å²) in [6.45, 7) is 1.81. The third-order valence-electron chi connectivity index (χ3n) is 3.86. The Balaban J connectivity index is 1.53. The van der Waals surface area contributed by atoms with E-state index in [1.54, 1.807) is 12.2 Å². The zero-order chi connectivity index (χ0) is 20.8. The highest BCUT2D eigenvalue weighted by molar-refractivity contribution is 7.92. The summed E-state index contributed by atoms with van der Waals surface area (Å²) in [4.78, 5) is 1.95. The second-order valence-electron chi connectivity index (χ2n) is 6.39. The van der Waals surface area contributed by atoms with Crippen LogP contribution in [0.5, 0.6) is 0 Å². The third-order valence-corrected chi connectivity index (χ3v) is 7.15. The van der Waals surface area contributed by atoms with Crippen molar-refractivity contribution in [3.63, 3.8) is 0 Å². The van der Waals surface area contributed by atoms with Crippen molar-refractivity contribution < 1.29 is 26.3 Å². The van der Waals surface area contributed by atoms with Gasteiger partial charge < -0.3 is 20.1 Å². The first-order chi connectivity index (χ1) is 13.0. The molecule has 0 bridgehead atoms. The first kappa shape index (κ1) is 23.0. The van der Waals surface area contributed by atoms with Crippen LogP contribution in [0.3, 0.4) is 0 Å². The number of thiocarbonyl (C=S) groups is 2. The van der Waals surface area contributed by atoms with Crippen LogP contribution in [-0.4, -0.2) is 88.4 Å². The quantitative estimate of drug-likeness (QED) is 0.441. The van der Waals surface area contributed by atoms with Crippen molar-refractivity contribution in [1.29, 1.82) is 0 Å². The Morgan fingerprint density at radius 1 is 0.929 bits per heavy atom. The van der Waals surface area contributed by atoms with Gasteiger partial charge >= 0.3 is 0 Å². The van der Waals surface area contributed by atoms with Gasteiger partial charge in [-0.3, -0.25) is 4.90 Å². The van der Waals surface area contributed by atoms with E-state index in [1.165, 1.54) is 0 Å². The van der Waals surface area contributed by atoms with E-state index in [0.29, 0.717) is 37.7 Å². The minimum atomic E-state index is -3.05. The van der Waals surface area contributed by atoms with Crippen molar-refractivity contribution >= 4 is 54.5 Å².